The van der Waals surface area contributed by atoms with Crippen LogP contribution in [0.2, 0.25) is 0 Å². The number of aryl methyl sites for hydroxylation is 1. The van der Waals surface area contributed by atoms with Gasteiger partial charge in [-0.3, -0.25) is 0 Å². The van der Waals surface area contributed by atoms with Crippen LogP contribution in [-0.4, -0.2) is 13.7 Å². The first-order chi connectivity index (χ1) is 10.1. The SMILES string of the molecule is CCCNC(Cc1cc(C)ccc1OC)c1csc(Br)c1. The second-order valence-electron chi connectivity index (χ2n) is 5.21. The summed E-state index contributed by atoms with van der Waals surface area (Å²) in [4.78, 5) is 0. The van der Waals surface area contributed by atoms with Gasteiger partial charge < -0.3 is 10.1 Å². The number of halogens is 1. The lowest BCUT2D eigenvalue weighted by Crippen LogP contribution is -2.23. The molecule has 0 spiro atoms. The second-order valence-corrected chi connectivity index (χ2v) is 7.50. The van der Waals surface area contributed by atoms with Gasteiger partial charge in [-0.05, 0) is 70.9 Å². The Kier molecular flexibility index (Phi) is 6.27. The van der Waals surface area contributed by atoms with Crippen molar-refractivity contribution in [3.8, 4) is 5.75 Å². The highest BCUT2D eigenvalue weighted by molar-refractivity contribution is 9.11. The van der Waals surface area contributed by atoms with E-state index in [0.29, 0.717) is 6.04 Å². The maximum atomic E-state index is 5.51. The van der Waals surface area contributed by atoms with Crippen molar-refractivity contribution in [2.75, 3.05) is 13.7 Å². The van der Waals surface area contributed by atoms with Gasteiger partial charge in [0.15, 0.2) is 0 Å². The topological polar surface area (TPSA) is 21.3 Å². The van der Waals surface area contributed by atoms with E-state index >= 15 is 0 Å². The highest BCUT2D eigenvalue weighted by Crippen LogP contribution is 2.30. The molecule has 0 saturated carbocycles. The van der Waals surface area contributed by atoms with Gasteiger partial charge in [-0.2, -0.15) is 0 Å². The summed E-state index contributed by atoms with van der Waals surface area (Å²) >= 11 is 5.30. The number of ether oxygens (including phenoxy) is 1. The second kappa shape index (κ2) is 7.97. The predicted octanol–water partition coefficient (Wildman–Crippen LogP) is 5.11. The summed E-state index contributed by atoms with van der Waals surface area (Å²) in [6.45, 7) is 5.34. The normalized spacial score (nSPS) is 12.4. The zero-order valence-electron chi connectivity index (χ0n) is 12.8. The molecule has 0 saturated heterocycles. The zero-order chi connectivity index (χ0) is 15.2. The minimum Gasteiger partial charge on any atom is -0.496 e. The van der Waals surface area contributed by atoms with E-state index in [0.717, 1.165) is 25.1 Å². The first kappa shape index (κ1) is 16.5. The Morgan fingerprint density at radius 3 is 2.76 bits per heavy atom. The lowest BCUT2D eigenvalue weighted by atomic mass is 9.99. The van der Waals surface area contributed by atoms with Crippen molar-refractivity contribution in [3.05, 3.63) is 50.1 Å². The molecule has 0 aliphatic heterocycles. The van der Waals surface area contributed by atoms with Crippen LogP contribution in [0.15, 0.2) is 33.4 Å². The Morgan fingerprint density at radius 1 is 1.33 bits per heavy atom. The number of thiophene rings is 1. The van der Waals surface area contributed by atoms with Gasteiger partial charge in [0.2, 0.25) is 0 Å². The molecule has 1 N–H and O–H groups in total. The van der Waals surface area contributed by atoms with Crippen molar-refractivity contribution in [1.29, 1.82) is 0 Å². The van der Waals surface area contributed by atoms with Gasteiger partial charge in [0.25, 0.3) is 0 Å². The van der Waals surface area contributed by atoms with Crippen LogP contribution in [-0.2, 0) is 6.42 Å². The minimum absolute atomic E-state index is 0.322. The van der Waals surface area contributed by atoms with Gasteiger partial charge in [-0.25, -0.2) is 0 Å². The van der Waals surface area contributed by atoms with Gasteiger partial charge in [-0.15, -0.1) is 11.3 Å². The molecule has 2 nitrogen and oxygen atoms in total. The van der Waals surface area contributed by atoms with Crippen molar-refractivity contribution in [3.63, 3.8) is 0 Å². The fourth-order valence-corrected chi connectivity index (χ4v) is 3.65. The van der Waals surface area contributed by atoms with Crippen molar-refractivity contribution in [2.45, 2.75) is 32.7 Å². The van der Waals surface area contributed by atoms with E-state index in [2.05, 4.69) is 64.7 Å². The van der Waals surface area contributed by atoms with Crippen LogP contribution in [0.1, 0.15) is 36.1 Å². The molecule has 0 fully saturated rings. The maximum absolute atomic E-state index is 5.51. The lowest BCUT2D eigenvalue weighted by molar-refractivity contribution is 0.405. The molecule has 0 bridgehead atoms. The molecular weight excluding hydrogens is 346 g/mol. The average Bonchev–Trinajstić information content (AvgIpc) is 2.90. The Bertz CT molecular complexity index is 582. The van der Waals surface area contributed by atoms with Crippen molar-refractivity contribution in [2.24, 2.45) is 0 Å². The fourth-order valence-electron chi connectivity index (χ4n) is 2.42. The summed E-state index contributed by atoms with van der Waals surface area (Å²) in [6, 6.07) is 8.91. The third kappa shape index (κ3) is 4.56. The van der Waals surface area contributed by atoms with Crippen molar-refractivity contribution >= 4 is 27.3 Å². The summed E-state index contributed by atoms with van der Waals surface area (Å²) in [7, 11) is 1.74. The third-order valence-corrected chi connectivity index (χ3v) is 5.01. The van der Waals surface area contributed by atoms with Crippen LogP contribution < -0.4 is 10.1 Å². The molecule has 0 aliphatic rings. The van der Waals surface area contributed by atoms with E-state index in [9.17, 15) is 0 Å². The van der Waals surface area contributed by atoms with Crippen LogP contribution in [0, 0.1) is 6.92 Å². The molecule has 1 aromatic carbocycles. The quantitative estimate of drug-likeness (QED) is 0.733. The first-order valence-electron chi connectivity index (χ1n) is 7.25. The summed E-state index contributed by atoms with van der Waals surface area (Å²) in [5.74, 6) is 0.971. The average molecular weight is 368 g/mol. The summed E-state index contributed by atoms with van der Waals surface area (Å²) in [5, 5.41) is 5.87. The number of benzene rings is 1. The summed E-state index contributed by atoms with van der Waals surface area (Å²) in [6.07, 6.45) is 2.07. The third-order valence-electron chi connectivity index (χ3n) is 3.49. The molecule has 2 aromatic rings. The Morgan fingerprint density at radius 2 is 2.14 bits per heavy atom. The van der Waals surface area contributed by atoms with E-state index < -0.39 is 0 Å². The van der Waals surface area contributed by atoms with Crippen molar-refractivity contribution < 1.29 is 4.74 Å². The Hall–Kier alpha value is -0.840. The molecule has 0 amide bonds. The molecule has 114 valence electrons. The summed E-state index contributed by atoms with van der Waals surface area (Å²) in [5.41, 5.74) is 3.86. The number of nitrogens with one attached hydrogen (secondary N) is 1. The van der Waals surface area contributed by atoms with Crippen LogP contribution in [0.3, 0.4) is 0 Å². The van der Waals surface area contributed by atoms with Crippen LogP contribution in [0.4, 0.5) is 0 Å². The Labute approximate surface area is 139 Å². The largest absolute Gasteiger partial charge is 0.496 e. The van der Waals surface area contributed by atoms with E-state index in [1.54, 1.807) is 18.4 Å². The van der Waals surface area contributed by atoms with E-state index in [-0.39, 0.29) is 0 Å². The highest BCUT2D eigenvalue weighted by atomic mass is 79.9. The monoisotopic (exact) mass is 367 g/mol. The number of hydrogen-bond donors (Lipinski definition) is 1. The van der Waals surface area contributed by atoms with Crippen molar-refractivity contribution in [1.82, 2.24) is 5.32 Å². The van der Waals surface area contributed by atoms with Gasteiger partial charge >= 0.3 is 0 Å². The molecule has 0 radical (unpaired) electrons. The molecule has 1 unspecified atom stereocenters. The van der Waals surface area contributed by atoms with Crippen LogP contribution in [0.5, 0.6) is 5.75 Å². The lowest BCUT2D eigenvalue weighted by Gasteiger charge is -2.19. The van der Waals surface area contributed by atoms with Gasteiger partial charge in [0.1, 0.15) is 5.75 Å². The molecule has 21 heavy (non-hydrogen) atoms. The van der Waals surface area contributed by atoms with E-state index in [4.69, 9.17) is 4.74 Å². The van der Waals surface area contributed by atoms with Crippen LogP contribution >= 0.6 is 27.3 Å². The highest BCUT2D eigenvalue weighted by Gasteiger charge is 2.15. The predicted molar refractivity (Wildman–Crippen MR) is 94.5 cm³/mol. The maximum Gasteiger partial charge on any atom is 0.122 e. The minimum atomic E-state index is 0.322. The Balaban J connectivity index is 2.24. The molecule has 1 atom stereocenters. The summed E-state index contributed by atoms with van der Waals surface area (Å²) < 4.78 is 6.69. The van der Waals surface area contributed by atoms with E-state index in [1.807, 2.05) is 0 Å². The molecule has 1 aromatic heterocycles. The zero-order valence-corrected chi connectivity index (χ0v) is 15.2. The molecular formula is C17H22BrNOS. The first-order valence-corrected chi connectivity index (χ1v) is 8.92. The number of methoxy groups -OCH3 is 1. The van der Waals surface area contributed by atoms with Gasteiger partial charge in [-0.1, -0.05) is 24.6 Å². The molecule has 4 heteroatoms. The standard InChI is InChI=1S/C17H22BrNOS/c1-4-7-19-15(14-10-17(18)21-11-14)9-13-8-12(2)5-6-16(13)20-3/h5-6,8,10-11,15,19H,4,7,9H2,1-3H3. The number of rotatable bonds is 7. The smallest absolute Gasteiger partial charge is 0.122 e. The molecule has 1 heterocycles. The van der Waals surface area contributed by atoms with E-state index in [1.165, 1.54) is 20.5 Å². The number of hydrogen-bond acceptors (Lipinski definition) is 3. The fraction of sp³-hybridized carbons (Fsp3) is 0.412. The van der Waals surface area contributed by atoms with Crippen LogP contribution in [0.25, 0.3) is 0 Å². The van der Waals surface area contributed by atoms with Gasteiger partial charge in [0.05, 0.1) is 10.9 Å². The van der Waals surface area contributed by atoms with Gasteiger partial charge in [0, 0.05) is 6.04 Å². The molecule has 0 aliphatic carbocycles. The molecule has 2 rings (SSSR count).